The Kier molecular flexibility index (Phi) is 9.98. The maximum atomic E-state index is 13.5. The Balaban J connectivity index is 0.000000172. The Hall–Kier alpha value is -3.92. The van der Waals surface area contributed by atoms with Crippen LogP contribution in [0.25, 0.3) is 0 Å². The van der Waals surface area contributed by atoms with Crippen molar-refractivity contribution in [1.29, 1.82) is 0 Å². The first kappa shape index (κ1) is 40.3. The van der Waals surface area contributed by atoms with Crippen LogP contribution in [-0.4, -0.2) is 125 Å². The van der Waals surface area contributed by atoms with Crippen molar-refractivity contribution >= 4 is 23.6 Å². The van der Waals surface area contributed by atoms with Crippen LogP contribution in [0.4, 0.5) is 0 Å². The summed E-state index contributed by atoms with van der Waals surface area (Å²) in [5, 5.41) is 29.6. The van der Waals surface area contributed by atoms with Crippen molar-refractivity contribution in [3.05, 3.63) is 71.8 Å². The van der Waals surface area contributed by atoms with Gasteiger partial charge in [0.1, 0.15) is 24.2 Å². The van der Waals surface area contributed by atoms with Crippen LogP contribution < -0.4 is 10.6 Å². The zero-order chi connectivity index (χ0) is 40.6. The summed E-state index contributed by atoms with van der Waals surface area (Å²) < 4.78 is 12.2. The number of nitrogens with one attached hydrogen (secondary N) is 2. The molecule has 0 unspecified atom stereocenters. The fourth-order valence-corrected chi connectivity index (χ4v) is 9.79. The summed E-state index contributed by atoms with van der Waals surface area (Å²) in [6.45, 7) is 16.0. The number of nitrogens with zero attached hydrogens (tertiary/aromatic N) is 4. The highest BCUT2D eigenvalue weighted by atomic mass is 16.7. The van der Waals surface area contributed by atoms with Crippen molar-refractivity contribution < 1.29 is 38.9 Å². The third-order valence-electron chi connectivity index (χ3n) is 11.6. The Morgan fingerprint density at radius 2 is 0.964 bits per heavy atom. The van der Waals surface area contributed by atoms with Gasteiger partial charge in [-0.05, 0) is 92.2 Å². The fraction of sp³-hybridized carbons (Fsp3) is 0.619. The predicted octanol–water partition coefficient (Wildman–Crippen LogP) is 2.42. The van der Waals surface area contributed by atoms with E-state index >= 15 is 0 Å². The molecule has 2 aromatic rings. The molecule has 0 spiro atoms. The average molecular weight is 775 g/mol. The van der Waals surface area contributed by atoms with Crippen LogP contribution in [0, 0.1) is 0 Å². The lowest BCUT2D eigenvalue weighted by molar-refractivity contribution is -0.317. The maximum absolute atomic E-state index is 13.5. The lowest BCUT2D eigenvalue weighted by Gasteiger charge is -2.48. The van der Waals surface area contributed by atoms with E-state index in [-0.39, 0.29) is 11.8 Å². The first-order chi connectivity index (χ1) is 26.1. The normalized spacial score (nSPS) is 35.3. The molecule has 0 aromatic heterocycles. The number of carbonyl (C=O) groups is 4. The highest BCUT2D eigenvalue weighted by Gasteiger charge is 2.71. The number of hydrogen-bond acceptors (Lipinski definition) is 10. The minimum absolute atomic E-state index is 0.118. The van der Waals surface area contributed by atoms with Crippen LogP contribution in [0.15, 0.2) is 60.7 Å². The molecule has 4 amide bonds. The number of ether oxygens (including phenoxy) is 2. The van der Waals surface area contributed by atoms with Crippen molar-refractivity contribution in [2.75, 3.05) is 13.1 Å². The summed E-state index contributed by atoms with van der Waals surface area (Å²) >= 11 is 0. The van der Waals surface area contributed by atoms with Gasteiger partial charge in [-0.1, -0.05) is 60.7 Å². The molecule has 0 radical (unpaired) electrons. The van der Waals surface area contributed by atoms with Crippen LogP contribution in [0.2, 0.25) is 0 Å². The first-order valence-electron chi connectivity index (χ1n) is 19.9. The first-order valence-corrected chi connectivity index (χ1v) is 19.9. The van der Waals surface area contributed by atoms with E-state index in [2.05, 4.69) is 10.6 Å². The van der Waals surface area contributed by atoms with E-state index in [0.29, 0.717) is 38.8 Å². The maximum Gasteiger partial charge on any atom is 0.275 e. The van der Waals surface area contributed by atoms with Gasteiger partial charge >= 0.3 is 0 Å². The molecule has 6 fully saturated rings. The van der Waals surface area contributed by atoms with Gasteiger partial charge in [-0.3, -0.25) is 39.6 Å². The largest absolute Gasteiger partial charge is 0.347 e. The van der Waals surface area contributed by atoms with Gasteiger partial charge in [-0.15, -0.1) is 0 Å². The van der Waals surface area contributed by atoms with Crippen molar-refractivity contribution in [2.24, 2.45) is 0 Å². The summed E-state index contributed by atoms with van der Waals surface area (Å²) in [7, 11) is 0. The molecule has 0 bridgehead atoms. The standard InChI is InChI=1S/2C21H29N3O4/c2*1-19(2,3)22-20(4)18(26)24-15(13-14-9-6-5-7-10-14)17(25)23-12-8-11-16(23)21(24,27)28-20/h2*5-7,9-10,15-16,22,27H,8,11-13H2,1-4H3/t2*15-,16-,20+,21-/m00/s1. The molecule has 14 nitrogen and oxygen atoms in total. The van der Waals surface area contributed by atoms with Crippen LogP contribution in [-0.2, 0) is 41.5 Å². The van der Waals surface area contributed by atoms with Crippen LogP contribution in [0.1, 0.15) is 92.2 Å². The quantitative estimate of drug-likeness (QED) is 0.343. The molecule has 6 saturated heterocycles. The highest BCUT2D eigenvalue weighted by molar-refractivity contribution is 5.96. The number of benzene rings is 2. The minimum atomic E-state index is -1.83. The van der Waals surface area contributed by atoms with Crippen molar-refractivity contribution in [2.45, 2.75) is 152 Å². The van der Waals surface area contributed by atoms with E-state index < -0.39 is 70.3 Å². The molecule has 8 rings (SSSR count). The monoisotopic (exact) mass is 774 g/mol. The van der Waals surface area contributed by atoms with Gasteiger partial charge in [-0.2, -0.15) is 0 Å². The Labute approximate surface area is 329 Å². The van der Waals surface area contributed by atoms with E-state index in [1.165, 1.54) is 9.80 Å². The molecule has 6 heterocycles. The van der Waals surface area contributed by atoms with Crippen molar-refractivity contribution in [3.8, 4) is 0 Å². The van der Waals surface area contributed by atoms with Gasteiger partial charge in [0.15, 0.2) is 0 Å². The second kappa shape index (κ2) is 13.9. The van der Waals surface area contributed by atoms with E-state index in [0.717, 1.165) is 24.0 Å². The van der Waals surface area contributed by atoms with Crippen LogP contribution >= 0.6 is 0 Å². The van der Waals surface area contributed by atoms with Gasteiger partial charge in [0.2, 0.25) is 23.3 Å². The van der Waals surface area contributed by atoms with Crippen molar-refractivity contribution in [1.82, 2.24) is 30.2 Å². The predicted molar refractivity (Wildman–Crippen MR) is 206 cm³/mol. The van der Waals surface area contributed by atoms with Gasteiger partial charge in [0, 0.05) is 37.0 Å². The molecule has 2 aromatic carbocycles. The Bertz CT molecular complexity index is 1720. The molecular formula is C42H58N6O8. The minimum Gasteiger partial charge on any atom is -0.347 e. The highest BCUT2D eigenvalue weighted by Crippen LogP contribution is 2.47. The summed E-state index contributed by atoms with van der Waals surface area (Å²) in [6.07, 6.45) is 3.46. The fourth-order valence-electron chi connectivity index (χ4n) is 9.79. The van der Waals surface area contributed by atoms with Crippen LogP contribution in [0.5, 0.6) is 0 Å². The van der Waals surface area contributed by atoms with Gasteiger partial charge < -0.3 is 29.5 Å². The van der Waals surface area contributed by atoms with Crippen LogP contribution in [0.3, 0.4) is 0 Å². The van der Waals surface area contributed by atoms with Gasteiger partial charge in [-0.25, -0.2) is 0 Å². The summed E-state index contributed by atoms with van der Waals surface area (Å²) in [4.78, 5) is 59.5. The number of carbonyl (C=O) groups excluding carboxylic acids is 4. The zero-order valence-electron chi connectivity index (χ0n) is 33.9. The molecule has 6 aliphatic rings. The summed E-state index contributed by atoms with van der Waals surface area (Å²) in [6, 6.07) is 16.5. The lowest BCUT2D eigenvalue weighted by atomic mass is 9.96. The Morgan fingerprint density at radius 1 is 0.625 bits per heavy atom. The molecule has 8 atom stereocenters. The number of hydrogen-bond donors (Lipinski definition) is 4. The third-order valence-corrected chi connectivity index (χ3v) is 11.6. The second-order valence-electron chi connectivity index (χ2n) is 18.5. The number of rotatable bonds is 6. The molecular weight excluding hydrogens is 716 g/mol. The lowest BCUT2D eigenvalue weighted by Crippen LogP contribution is -2.71. The molecule has 6 aliphatic heterocycles. The number of fused-ring (bicyclic) bond motifs is 6. The molecule has 4 N–H and O–H groups in total. The number of aliphatic hydroxyl groups is 2. The molecule has 0 aliphatic carbocycles. The molecule has 0 saturated carbocycles. The smallest absolute Gasteiger partial charge is 0.275 e. The topological polar surface area (TPSA) is 164 Å². The van der Waals surface area contributed by atoms with E-state index in [9.17, 15) is 29.4 Å². The van der Waals surface area contributed by atoms with E-state index in [4.69, 9.17) is 9.47 Å². The van der Waals surface area contributed by atoms with Gasteiger partial charge in [0.25, 0.3) is 23.6 Å². The SMILES string of the molecule is CC(C)(C)N[C@]1(C)O[C@@]2(O)[C@@H]3CCCN3C(=O)[C@H](Cc3ccccc3)N2C1=O.CC(C)(C)N[C@]1(C)O[C@@]2(O)[C@@H]3CCCN3C(=O)[C@H](Cc3ccccc3)N2C1=O. The second-order valence-corrected chi connectivity index (χ2v) is 18.5. The zero-order valence-corrected chi connectivity index (χ0v) is 33.9. The average Bonchev–Trinajstić information content (AvgIpc) is 3.87. The number of amides is 4. The summed E-state index contributed by atoms with van der Waals surface area (Å²) in [5.74, 6) is -4.68. The third kappa shape index (κ3) is 6.92. The van der Waals surface area contributed by atoms with E-state index in [1.807, 2.05) is 102 Å². The van der Waals surface area contributed by atoms with Crippen molar-refractivity contribution in [3.63, 3.8) is 0 Å². The molecule has 304 valence electrons. The summed E-state index contributed by atoms with van der Waals surface area (Å²) in [5.41, 5.74) is -1.76. The van der Waals surface area contributed by atoms with Gasteiger partial charge in [0.05, 0.1) is 0 Å². The molecule has 14 heteroatoms. The van der Waals surface area contributed by atoms with E-state index in [1.54, 1.807) is 23.6 Å². The number of piperazine rings is 2. The Morgan fingerprint density at radius 3 is 1.29 bits per heavy atom. The molecule has 56 heavy (non-hydrogen) atoms.